The highest BCUT2D eigenvalue weighted by Gasteiger charge is 2.21. The van der Waals surface area contributed by atoms with Crippen LogP contribution in [-0.4, -0.2) is 49.6 Å². The van der Waals surface area contributed by atoms with Crippen LogP contribution in [-0.2, 0) is 9.59 Å². The van der Waals surface area contributed by atoms with E-state index in [9.17, 15) is 19.5 Å². The number of carboxylic acids is 1. The maximum atomic E-state index is 12.8. The molecule has 0 saturated carbocycles. The second kappa shape index (κ2) is 10.2. The zero-order valence-corrected chi connectivity index (χ0v) is 18.9. The molecule has 9 nitrogen and oxygen atoms in total. The summed E-state index contributed by atoms with van der Waals surface area (Å²) in [6.07, 6.45) is 3.34. The van der Waals surface area contributed by atoms with Crippen molar-refractivity contribution in [1.29, 1.82) is 0 Å². The van der Waals surface area contributed by atoms with E-state index in [1.54, 1.807) is 54.9 Å². The van der Waals surface area contributed by atoms with Crippen LogP contribution < -0.4 is 10.6 Å². The first kappa shape index (κ1) is 23.0. The molecule has 0 saturated heterocycles. The third kappa shape index (κ3) is 5.59. The van der Waals surface area contributed by atoms with Crippen molar-refractivity contribution < 1.29 is 19.5 Å². The Kier molecular flexibility index (Phi) is 6.88. The summed E-state index contributed by atoms with van der Waals surface area (Å²) >= 11 is 1.30. The lowest BCUT2D eigenvalue weighted by Crippen LogP contribution is -2.42. The minimum atomic E-state index is -1.13. The Bertz CT molecular complexity index is 1340. The van der Waals surface area contributed by atoms with Crippen LogP contribution in [0.2, 0.25) is 0 Å². The van der Waals surface area contributed by atoms with Crippen molar-refractivity contribution in [2.45, 2.75) is 17.9 Å². The second-order valence-electron chi connectivity index (χ2n) is 7.43. The van der Waals surface area contributed by atoms with E-state index in [0.717, 1.165) is 10.5 Å². The standard InChI is InChI=1S/C24H21N5O4S/c1-14(30)26-17-3-5-18(6-4-17)34-13-21(24(32)33)29-23(31)16-2-7-19-20(12-16)28-22(27-19)15-8-10-25-11-9-15/h2-12,21H,13H2,1H3,(H,26,30)(H,27,28)(H,29,31)(H,32,33)/t21-/m0/s1. The van der Waals surface area contributed by atoms with Gasteiger partial charge in [0.2, 0.25) is 5.91 Å². The Morgan fingerprint density at radius 1 is 1.06 bits per heavy atom. The normalized spacial score (nSPS) is 11.7. The molecule has 0 aliphatic rings. The van der Waals surface area contributed by atoms with Gasteiger partial charge in [0.15, 0.2) is 0 Å². The lowest BCUT2D eigenvalue weighted by molar-refractivity contribution is -0.138. The zero-order valence-electron chi connectivity index (χ0n) is 18.1. The third-order valence-corrected chi connectivity index (χ3v) is 6.00. The Morgan fingerprint density at radius 3 is 2.47 bits per heavy atom. The first-order chi connectivity index (χ1) is 16.4. The van der Waals surface area contributed by atoms with Crippen molar-refractivity contribution in [3.05, 3.63) is 72.6 Å². The topological polar surface area (TPSA) is 137 Å². The van der Waals surface area contributed by atoms with Gasteiger partial charge >= 0.3 is 5.97 Å². The van der Waals surface area contributed by atoms with E-state index in [-0.39, 0.29) is 11.7 Å². The van der Waals surface area contributed by atoms with Crippen molar-refractivity contribution in [1.82, 2.24) is 20.3 Å². The third-order valence-electron chi connectivity index (χ3n) is 4.89. The first-order valence-corrected chi connectivity index (χ1v) is 11.3. The highest BCUT2D eigenvalue weighted by Crippen LogP contribution is 2.23. The van der Waals surface area contributed by atoms with Crippen molar-refractivity contribution in [3.63, 3.8) is 0 Å². The van der Waals surface area contributed by atoms with Gasteiger partial charge in [0.25, 0.3) is 5.91 Å². The summed E-state index contributed by atoms with van der Waals surface area (Å²) in [7, 11) is 0. The number of fused-ring (bicyclic) bond motifs is 1. The predicted molar refractivity (Wildman–Crippen MR) is 130 cm³/mol. The van der Waals surface area contributed by atoms with E-state index in [4.69, 9.17) is 0 Å². The van der Waals surface area contributed by atoms with Crippen LogP contribution in [0.3, 0.4) is 0 Å². The van der Waals surface area contributed by atoms with Crippen LogP contribution in [0.4, 0.5) is 5.69 Å². The van der Waals surface area contributed by atoms with Gasteiger partial charge in [0.05, 0.1) is 11.0 Å². The summed E-state index contributed by atoms with van der Waals surface area (Å²) < 4.78 is 0. The largest absolute Gasteiger partial charge is 0.480 e. The number of benzene rings is 2. The van der Waals surface area contributed by atoms with Gasteiger partial charge in [0, 0.05) is 46.8 Å². The summed E-state index contributed by atoms with van der Waals surface area (Å²) in [5.74, 6) is -0.997. The quantitative estimate of drug-likeness (QED) is 0.286. The van der Waals surface area contributed by atoms with Gasteiger partial charge in [-0.25, -0.2) is 9.78 Å². The maximum Gasteiger partial charge on any atom is 0.327 e. The average Bonchev–Trinajstić information content (AvgIpc) is 3.26. The fourth-order valence-corrected chi connectivity index (χ4v) is 4.14. The molecule has 0 aliphatic carbocycles. The number of carboxylic acid groups (broad SMARTS) is 1. The zero-order chi connectivity index (χ0) is 24.1. The molecule has 34 heavy (non-hydrogen) atoms. The Balaban J connectivity index is 1.42. The van der Waals surface area contributed by atoms with Gasteiger partial charge in [-0.3, -0.25) is 14.6 Å². The average molecular weight is 476 g/mol. The molecule has 0 bridgehead atoms. The molecule has 0 aliphatic heterocycles. The number of aromatic amines is 1. The Morgan fingerprint density at radius 2 is 1.79 bits per heavy atom. The molecule has 0 unspecified atom stereocenters. The number of aliphatic carboxylic acids is 1. The summed E-state index contributed by atoms with van der Waals surface area (Å²) in [6.45, 7) is 1.42. The van der Waals surface area contributed by atoms with Gasteiger partial charge in [-0.05, 0) is 54.6 Å². The maximum absolute atomic E-state index is 12.8. The summed E-state index contributed by atoms with van der Waals surface area (Å²) in [5.41, 5.74) is 3.20. The summed E-state index contributed by atoms with van der Waals surface area (Å²) in [4.78, 5) is 48.1. The van der Waals surface area contributed by atoms with E-state index in [1.807, 2.05) is 12.1 Å². The molecule has 2 aromatic heterocycles. The lowest BCUT2D eigenvalue weighted by Gasteiger charge is -2.14. The number of nitrogens with one attached hydrogen (secondary N) is 3. The molecule has 1 atom stereocenters. The molecule has 4 aromatic rings. The number of anilines is 1. The van der Waals surface area contributed by atoms with Crippen LogP contribution >= 0.6 is 11.8 Å². The number of rotatable bonds is 8. The number of hydrogen-bond acceptors (Lipinski definition) is 6. The lowest BCUT2D eigenvalue weighted by atomic mass is 10.2. The number of hydrogen-bond donors (Lipinski definition) is 4. The van der Waals surface area contributed by atoms with Gasteiger partial charge in [-0.2, -0.15) is 0 Å². The molecule has 4 rings (SSSR count). The Labute approximate surface area is 199 Å². The SMILES string of the molecule is CC(=O)Nc1ccc(SC[C@H](NC(=O)c2ccc3nc(-c4ccncc4)[nH]c3c2)C(=O)O)cc1. The molecule has 172 valence electrons. The van der Waals surface area contributed by atoms with Crippen LogP contribution in [0.15, 0.2) is 71.9 Å². The number of amides is 2. The van der Waals surface area contributed by atoms with Crippen LogP contribution in [0, 0.1) is 0 Å². The molecule has 0 radical (unpaired) electrons. The molecule has 10 heteroatoms. The van der Waals surface area contributed by atoms with Crippen molar-refractivity contribution >= 4 is 46.3 Å². The summed E-state index contributed by atoms with van der Waals surface area (Å²) in [5, 5.41) is 14.9. The number of pyridine rings is 1. The van der Waals surface area contributed by atoms with E-state index in [2.05, 4.69) is 25.6 Å². The molecule has 2 aromatic carbocycles. The number of aromatic nitrogens is 3. The number of carbonyl (C=O) groups excluding carboxylic acids is 2. The number of nitrogens with zero attached hydrogens (tertiary/aromatic N) is 2. The van der Waals surface area contributed by atoms with Gasteiger partial charge in [-0.15, -0.1) is 11.8 Å². The highest BCUT2D eigenvalue weighted by molar-refractivity contribution is 7.99. The molecule has 2 amide bonds. The second-order valence-corrected chi connectivity index (χ2v) is 8.53. The number of H-pyrrole nitrogens is 1. The number of carbonyl (C=O) groups is 3. The minimum Gasteiger partial charge on any atom is -0.480 e. The van der Waals surface area contributed by atoms with E-state index >= 15 is 0 Å². The number of thioether (sulfide) groups is 1. The predicted octanol–water partition coefficient (Wildman–Crippen LogP) is 3.56. The van der Waals surface area contributed by atoms with E-state index in [1.165, 1.54) is 18.7 Å². The summed E-state index contributed by atoms with van der Waals surface area (Å²) in [6, 6.07) is 14.6. The monoisotopic (exact) mass is 475 g/mol. The van der Waals surface area contributed by atoms with E-state index in [0.29, 0.717) is 28.1 Å². The van der Waals surface area contributed by atoms with Gasteiger partial charge < -0.3 is 20.7 Å². The smallest absolute Gasteiger partial charge is 0.327 e. The minimum absolute atomic E-state index is 0.138. The van der Waals surface area contributed by atoms with Gasteiger partial charge in [-0.1, -0.05) is 0 Å². The van der Waals surface area contributed by atoms with Crippen LogP contribution in [0.1, 0.15) is 17.3 Å². The molecule has 0 fully saturated rings. The fourth-order valence-electron chi connectivity index (χ4n) is 3.23. The van der Waals surface area contributed by atoms with Crippen LogP contribution in [0.25, 0.3) is 22.4 Å². The molecule has 4 N–H and O–H groups in total. The molecule has 2 heterocycles. The van der Waals surface area contributed by atoms with Gasteiger partial charge in [0.1, 0.15) is 11.9 Å². The Hall–Kier alpha value is -4.18. The van der Waals surface area contributed by atoms with Crippen molar-refractivity contribution in [3.8, 4) is 11.4 Å². The first-order valence-electron chi connectivity index (χ1n) is 10.3. The molecule has 0 spiro atoms. The van der Waals surface area contributed by atoms with Crippen LogP contribution in [0.5, 0.6) is 0 Å². The molecular weight excluding hydrogens is 454 g/mol. The molecular formula is C24H21N5O4S. The van der Waals surface area contributed by atoms with Crippen molar-refractivity contribution in [2.75, 3.05) is 11.1 Å². The van der Waals surface area contributed by atoms with E-state index < -0.39 is 17.9 Å². The fraction of sp³-hybridized carbons (Fsp3) is 0.125. The number of imidazole rings is 1. The highest BCUT2D eigenvalue weighted by atomic mass is 32.2. The van der Waals surface area contributed by atoms with Crippen molar-refractivity contribution in [2.24, 2.45) is 0 Å².